The minimum Gasteiger partial charge on any atom is -0.372 e. The van der Waals surface area contributed by atoms with Crippen molar-refractivity contribution in [2.45, 2.75) is 70.0 Å². The van der Waals surface area contributed by atoms with E-state index in [1.807, 2.05) is 152 Å². The minimum absolute atomic E-state index is 0.0922. The van der Waals surface area contributed by atoms with Crippen molar-refractivity contribution in [2.75, 3.05) is 19.8 Å². The van der Waals surface area contributed by atoms with Crippen LogP contribution in [0.3, 0.4) is 0 Å². The Balaban J connectivity index is 1.21. The quantitative estimate of drug-likeness (QED) is 0.0483. The van der Waals surface area contributed by atoms with Crippen molar-refractivity contribution in [1.29, 1.82) is 0 Å². The number of benzene rings is 5. The molecule has 0 amide bonds. The molecule has 0 N–H and O–H groups in total. The summed E-state index contributed by atoms with van der Waals surface area (Å²) in [6.07, 6.45) is -2.50. The van der Waals surface area contributed by atoms with Crippen molar-refractivity contribution in [3.05, 3.63) is 204 Å². The summed E-state index contributed by atoms with van der Waals surface area (Å²) in [5.41, 5.74) is 5.92. The molecule has 6 atom stereocenters. The fourth-order valence-electron chi connectivity index (χ4n) is 6.27. The molecule has 1 heterocycles. The Labute approximate surface area is 331 Å². The van der Waals surface area contributed by atoms with Gasteiger partial charge in [0.1, 0.15) is 24.4 Å². The molecule has 5 aromatic rings. The van der Waals surface area contributed by atoms with Crippen LogP contribution in [0.5, 0.6) is 0 Å². The van der Waals surface area contributed by atoms with Crippen molar-refractivity contribution in [3.63, 3.8) is 0 Å². The Hall–Kier alpha value is -4.74. The second-order valence-electron chi connectivity index (χ2n) is 13.6. The SMILES string of the molecule is C=C[C@H](OCC(=C)COCc1ccccc1)OC[C@H]1O[C@@H](OCc2ccccc2)[C@H](OCc2ccccc2)[C@@H](OCc2ccccc2)[C@@H]1OCc1ccccc1. The Morgan fingerprint density at radius 2 is 0.911 bits per heavy atom. The summed E-state index contributed by atoms with van der Waals surface area (Å²) < 4.78 is 51.9. The summed E-state index contributed by atoms with van der Waals surface area (Å²) >= 11 is 0. The molecule has 292 valence electrons. The van der Waals surface area contributed by atoms with Gasteiger partial charge in [0.05, 0.1) is 52.9 Å². The molecule has 8 heteroatoms. The molecule has 5 aromatic carbocycles. The van der Waals surface area contributed by atoms with Crippen LogP contribution in [0.2, 0.25) is 0 Å². The first-order valence-corrected chi connectivity index (χ1v) is 19.1. The molecule has 0 radical (unpaired) electrons. The number of rotatable bonds is 23. The van der Waals surface area contributed by atoms with Crippen LogP contribution in [0.15, 0.2) is 176 Å². The molecule has 0 unspecified atom stereocenters. The molecule has 56 heavy (non-hydrogen) atoms. The van der Waals surface area contributed by atoms with E-state index in [0.717, 1.165) is 33.4 Å². The summed E-state index contributed by atoms with van der Waals surface area (Å²) in [7, 11) is 0. The van der Waals surface area contributed by atoms with E-state index in [-0.39, 0.29) is 13.2 Å². The first kappa shape index (κ1) is 40.9. The highest BCUT2D eigenvalue weighted by molar-refractivity contribution is 5.17. The summed E-state index contributed by atoms with van der Waals surface area (Å²) in [4.78, 5) is 0. The Morgan fingerprint density at radius 3 is 1.38 bits per heavy atom. The van der Waals surface area contributed by atoms with Crippen LogP contribution in [0.25, 0.3) is 0 Å². The van der Waals surface area contributed by atoms with E-state index in [9.17, 15) is 0 Å². The summed E-state index contributed by atoms with van der Waals surface area (Å²) in [5.74, 6) is 0. The van der Waals surface area contributed by atoms with Gasteiger partial charge in [0.25, 0.3) is 0 Å². The van der Waals surface area contributed by atoms with Gasteiger partial charge in [-0.3, -0.25) is 0 Å². The fourth-order valence-corrected chi connectivity index (χ4v) is 6.27. The highest BCUT2D eigenvalue weighted by atomic mass is 16.7. The van der Waals surface area contributed by atoms with Crippen LogP contribution in [0, 0.1) is 0 Å². The van der Waals surface area contributed by atoms with Crippen molar-refractivity contribution >= 4 is 0 Å². The predicted molar refractivity (Wildman–Crippen MR) is 216 cm³/mol. The molecule has 0 spiro atoms. The summed E-state index contributed by atoms with van der Waals surface area (Å²) in [6.45, 7) is 10.5. The van der Waals surface area contributed by atoms with Gasteiger partial charge >= 0.3 is 0 Å². The van der Waals surface area contributed by atoms with E-state index in [2.05, 4.69) is 13.2 Å². The van der Waals surface area contributed by atoms with Crippen LogP contribution in [0.1, 0.15) is 27.8 Å². The third-order valence-electron chi connectivity index (χ3n) is 9.19. The molecule has 1 aliphatic rings. The molecule has 0 bridgehead atoms. The van der Waals surface area contributed by atoms with E-state index in [1.165, 1.54) is 0 Å². The molecule has 0 aromatic heterocycles. The highest BCUT2D eigenvalue weighted by Gasteiger charge is 2.49. The zero-order valence-corrected chi connectivity index (χ0v) is 31.8. The van der Waals surface area contributed by atoms with Crippen LogP contribution >= 0.6 is 0 Å². The lowest BCUT2D eigenvalue weighted by molar-refractivity contribution is -0.333. The van der Waals surface area contributed by atoms with Gasteiger partial charge in [0.15, 0.2) is 12.6 Å². The van der Waals surface area contributed by atoms with Crippen molar-refractivity contribution in [1.82, 2.24) is 0 Å². The van der Waals surface area contributed by atoms with Gasteiger partial charge in [-0.25, -0.2) is 0 Å². The molecule has 1 aliphatic heterocycles. The number of ether oxygens (including phenoxy) is 8. The Kier molecular flexibility index (Phi) is 16.6. The lowest BCUT2D eigenvalue weighted by atomic mass is 9.97. The van der Waals surface area contributed by atoms with Crippen LogP contribution in [0.4, 0.5) is 0 Å². The lowest BCUT2D eigenvalue weighted by Gasteiger charge is -2.46. The largest absolute Gasteiger partial charge is 0.372 e. The normalized spacial score (nSPS) is 20.0. The van der Waals surface area contributed by atoms with Crippen LogP contribution < -0.4 is 0 Å². The van der Waals surface area contributed by atoms with Gasteiger partial charge in [0, 0.05) is 0 Å². The van der Waals surface area contributed by atoms with E-state index >= 15 is 0 Å². The first-order valence-electron chi connectivity index (χ1n) is 19.1. The van der Waals surface area contributed by atoms with E-state index in [1.54, 1.807) is 6.08 Å². The number of hydrogen-bond acceptors (Lipinski definition) is 8. The van der Waals surface area contributed by atoms with Gasteiger partial charge in [-0.2, -0.15) is 0 Å². The van der Waals surface area contributed by atoms with E-state index in [4.69, 9.17) is 37.9 Å². The molecule has 0 saturated carbocycles. The monoisotopic (exact) mass is 756 g/mol. The number of hydrogen-bond donors (Lipinski definition) is 0. The molecule has 0 aliphatic carbocycles. The highest BCUT2D eigenvalue weighted by Crippen LogP contribution is 2.32. The van der Waals surface area contributed by atoms with Crippen LogP contribution in [-0.4, -0.2) is 56.8 Å². The predicted octanol–water partition coefficient (Wildman–Crippen LogP) is 9.00. The van der Waals surface area contributed by atoms with Crippen molar-refractivity contribution in [3.8, 4) is 0 Å². The first-order chi connectivity index (χ1) is 27.6. The smallest absolute Gasteiger partial charge is 0.187 e. The maximum Gasteiger partial charge on any atom is 0.187 e. The van der Waals surface area contributed by atoms with Gasteiger partial charge in [-0.05, 0) is 39.5 Å². The average Bonchev–Trinajstić information content (AvgIpc) is 3.25. The molecule has 6 rings (SSSR count). The van der Waals surface area contributed by atoms with Crippen molar-refractivity contribution < 1.29 is 37.9 Å². The maximum atomic E-state index is 6.82. The van der Waals surface area contributed by atoms with Gasteiger partial charge in [-0.15, -0.1) is 0 Å². The third kappa shape index (κ3) is 13.2. The van der Waals surface area contributed by atoms with Gasteiger partial charge in [-0.1, -0.05) is 165 Å². The zero-order chi connectivity index (χ0) is 38.6. The second-order valence-corrected chi connectivity index (χ2v) is 13.6. The summed E-state index contributed by atoms with van der Waals surface area (Å²) in [6, 6.07) is 50.1. The Bertz CT molecular complexity index is 1820. The summed E-state index contributed by atoms with van der Waals surface area (Å²) in [5, 5.41) is 0. The van der Waals surface area contributed by atoms with Crippen LogP contribution in [-0.2, 0) is 70.9 Å². The van der Waals surface area contributed by atoms with Gasteiger partial charge < -0.3 is 37.9 Å². The molecular weight excluding hydrogens is 705 g/mol. The second kappa shape index (κ2) is 22.7. The maximum absolute atomic E-state index is 6.82. The average molecular weight is 757 g/mol. The van der Waals surface area contributed by atoms with Gasteiger partial charge in [0.2, 0.25) is 0 Å². The minimum atomic E-state index is -0.825. The molecule has 1 saturated heterocycles. The fraction of sp³-hybridized carbons (Fsp3) is 0.292. The standard InChI is InChI=1S/C48H52O8/c1-3-44(50-30-37(2)29-49-31-38-19-9-4-10-20-38)51-36-43-45(52-32-39-21-11-5-12-22-39)46(53-33-40-23-13-6-14-24-40)47(54-34-41-25-15-7-16-26-41)48(56-43)55-35-42-27-17-8-18-28-42/h3-28,43-48H,1-2,29-36H2/t43-,44-,45-,46+,47-,48-/m1/s1. The van der Waals surface area contributed by atoms with Crippen molar-refractivity contribution in [2.24, 2.45) is 0 Å². The lowest BCUT2D eigenvalue weighted by Crippen LogP contribution is -2.62. The molecule has 8 nitrogen and oxygen atoms in total. The third-order valence-corrected chi connectivity index (χ3v) is 9.19. The molecule has 1 fully saturated rings. The topological polar surface area (TPSA) is 73.8 Å². The van der Waals surface area contributed by atoms with E-state index in [0.29, 0.717) is 39.6 Å². The molecular formula is C48H52O8. The zero-order valence-electron chi connectivity index (χ0n) is 31.8. The Morgan fingerprint density at radius 1 is 0.500 bits per heavy atom. The van der Waals surface area contributed by atoms with E-state index < -0.39 is 37.0 Å².